The van der Waals surface area contributed by atoms with Gasteiger partial charge < -0.3 is 4.90 Å². The molecule has 58 valence electrons. The topological polar surface area (TPSA) is 3.24 Å². The molecule has 1 aliphatic carbocycles. The Morgan fingerprint density at radius 1 is 1.40 bits per heavy atom. The van der Waals surface area contributed by atoms with Crippen molar-refractivity contribution in [2.24, 2.45) is 5.92 Å². The van der Waals surface area contributed by atoms with Crippen molar-refractivity contribution < 1.29 is 4.39 Å². The Bertz CT molecular complexity index is 146. The maximum Gasteiger partial charge on any atom is 0.106 e. The Kier molecular flexibility index (Phi) is 1.28. The van der Waals surface area contributed by atoms with Crippen molar-refractivity contribution in [1.29, 1.82) is 0 Å². The van der Waals surface area contributed by atoms with Crippen molar-refractivity contribution in [3.63, 3.8) is 0 Å². The zero-order valence-corrected chi connectivity index (χ0v) is 6.55. The second-order valence-corrected chi connectivity index (χ2v) is 3.71. The molecule has 1 heterocycles. The number of alkyl halides is 1. The van der Waals surface area contributed by atoms with Gasteiger partial charge in [-0.15, -0.1) is 0 Å². The minimum absolute atomic E-state index is 0.343. The number of nitrogens with zero attached hydrogens (tertiary/aromatic N) is 1. The SMILES string of the molecule is C[C@@H]1C2CC(CC2F)N1C. The van der Waals surface area contributed by atoms with Crippen LogP contribution in [0.2, 0.25) is 0 Å². The van der Waals surface area contributed by atoms with E-state index in [9.17, 15) is 4.39 Å². The summed E-state index contributed by atoms with van der Waals surface area (Å²) in [5.74, 6) is 0.343. The summed E-state index contributed by atoms with van der Waals surface area (Å²) in [6.45, 7) is 2.14. The van der Waals surface area contributed by atoms with Crippen molar-refractivity contribution in [3.05, 3.63) is 0 Å². The summed E-state index contributed by atoms with van der Waals surface area (Å²) in [6, 6.07) is 1.03. The third-order valence-corrected chi connectivity index (χ3v) is 3.34. The average molecular weight is 143 g/mol. The molecule has 0 aromatic carbocycles. The highest BCUT2D eigenvalue weighted by atomic mass is 19.1. The number of halogens is 1. The van der Waals surface area contributed by atoms with Crippen molar-refractivity contribution in [1.82, 2.24) is 4.90 Å². The van der Waals surface area contributed by atoms with Gasteiger partial charge in [0.25, 0.3) is 0 Å². The van der Waals surface area contributed by atoms with Crippen LogP contribution in [0.3, 0.4) is 0 Å². The normalized spacial score (nSPS) is 54.3. The molecule has 10 heavy (non-hydrogen) atoms. The maximum absolute atomic E-state index is 13.0. The Labute approximate surface area is 61.2 Å². The van der Waals surface area contributed by atoms with E-state index in [1.807, 2.05) is 0 Å². The molecule has 2 bridgehead atoms. The fraction of sp³-hybridized carbons (Fsp3) is 1.00. The van der Waals surface area contributed by atoms with Crippen LogP contribution in [0, 0.1) is 5.92 Å². The van der Waals surface area contributed by atoms with E-state index < -0.39 is 6.17 Å². The molecule has 0 radical (unpaired) electrons. The van der Waals surface area contributed by atoms with E-state index in [4.69, 9.17) is 0 Å². The second kappa shape index (κ2) is 1.94. The van der Waals surface area contributed by atoms with Crippen LogP contribution in [0.15, 0.2) is 0 Å². The van der Waals surface area contributed by atoms with Crippen LogP contribution < -0.4 is 0 Å². The van der Waals surface area contributed by atoms with Gasteiger partial charge in [-0.2, -0.15) is 0 Å². The minimum atomic E-state index is -0.504. The fourth-order valence-corrected chi connectivity index (χ4v) is 2.46. The highest BCUT2D eigenvalue weighted by Crippen LogP contribution is 2.42. The van der Waals surface area contributed by atoms with Gasteiger partial charge in [0.2, 0.25) is 0 Å². The Hall–Kier alpha value is -0.110. The van der Waals surface area contributed by atoms with Gasteiger partial charge >= 0.3 is 0 Å². The molecular weight excluding hydrogens is 129 g/mol. The fourth-order valence-electron chi connectivity index (χ4n) is 2.46. The van der Waals surface area contributed by atoms with Crippen LogP contribution in [0.25, 0.3) is 0 Å². The average Bonchev–Trinajstić information content (AvgIpc) is 2.36. The molecular formula is C8H14FN. The van der Waals surface area contributed by atoms with Gasteiger partial charge in [-0.3, -0.25) is 0 Å². The highest BCUT2D eigenvalue weighted by molar-refractivity contribution is 5.01. The number of hydrogen-bond acceptors (Lipinski definition) is 1. The number of fused-ring (bicyclic) bond motifs is 2. The Balaban J connectivity index is 2.16. The van der Waals surface area contributed by atoms with Crippen LogP contribution in [0.1, 0.15) is 19.8 Å². The highest BCUT2D eigenvalue weighted by Gasteiger charge is 2.47. The molecule has 0 amide bonds. The molecule has 2 aliphatic rings. The molecule has 1 nitrogen and oxygen atoms in total. The molecule has 2 rings (SSSR count). The summed E-state index contributed by atoms with van der Waals surface area (Å²) in [4.78, 5) is 2.32. The molecule has 4 atom stereocenters. The van der Waals surface area contributed by atoms with Gasteiger partial charge in [0, 0.05) is 18.0 Å². The van der Waals surface area contributed by atoms with Gasteiger partial charge in [-0.25, -0.2) is 4.39 Å². The first-order valence-corrected chi connectivity index (χ1v) is 4.06. The van der Waals surface area contributed by atoms with E-state index in [0.29, 0.717) is 18.0 Å². The largest absolute Gasteiger partial charge is 0.300 e. The molecule has 2 fully saturated rings. The van der Waals surface area contributed by atoms with E-state index in [-0.39, 0.29) is 0 Å². The molecule has 0 N–H and O–H groups in total. The summed E-state index contributed by atoms with van der Waals surface area (Å²) in [6.07, 6.45) is 1.38. The Morgan fingerprint density at radius 3 is 2.50 bits per heavy atom. The molecule has 3 unspecified atom stereocenters. The first-order chi connectivity index (χ1) is 4.70. The van der Waals surface area contributed by atoms with Gasteiger partial charge in [0.05, 0.1) is 0 Å². The monoisotopic (exact) mass is 143 g/mol. The zero-order valence-electron chi connectivity index (χ0n) is 6.55. The van der Waals surface area contributed by atoms with E-state index in [1.54, 1.807) is 0 Å². The summed E-state index contributed by atoms with van der Waals surface area (Å²) in [5.41, 5.74) is 0. The van der Waals surface area contributed by atoms with Crippen molar-refractivity contribution in [2.75, 3.05) is 7.05 Å². The summed E-state index contributed by atoms with van der Waals surface area (Å²) < 4.78 is 13.0. The predicted molar refractivity (Wildman–Crippen MR) is 38.6 cm³/mol. The van der Waals surface area contributed by atoms with E-state index in [2.05, 4.69) is 18.9 Å². The third kappa shape index (κ3) is 0.656. The molecule has 2 heteroatoms. The molecule has 1 saturated heterocycles. The first kappa shape index (κ1) is 6.59. The lowest BCUT2D eigenvalue weighted by atomic mass is 9.99. The molecule has 1 saturated carbocycles. The van der Waals surface area contributed by atoms with Crippen molar-refractivity contribution in [2.45, 2.75) is 38.0 Å². The summed E-state index contributed by atoms with van der Waals surface area (Å²) >= 11 is 0. The van der Waals surface area contributed by atoms with E-state index in [1.165, 1.54) is 0 Å². The van der Waals surface area contributed by atoms with Gasteiger partial charge in [0.1, 0.15) is 6.17 Å². The Morgan fingerprint density at radius 2 is 2.10 bits per heavy atom. The predicted octanol–water partition coefficient (Wildman–Crippen LogP) is 1.44. The van der Waals surface area contributed by atoms with Gasteiger partial charge in [0.15, 0.2) is 0 Å². The number of hydrogen-bond donors (Lipinski definition) is 0. The van der Waals surface area contributed by atoms with Crippen LogP contribution in [-0.4, -0.2) is 30.2 Å². The van der Waals surface area contributed by atoms with Crippen LogP contribution >= 0.6 is 0 Å². The van der Waals surface area contributed by atoms with Gasteiger partial charge in [-0.1, -0.05) is 0 Å². The number of likely N-dealkylation sites (tertiary alicyclic amines) is 1. The summed E-state index contributed by atoms with van der Waals surface area (Å²) in [5, 5.41) is 0. The van der Waals surface area contributed by atoms with E-state index >= 15 is 0 Å². The van der Waals surface area contributed by atoms with Crippen molar-refractivity contribution >= 4 is 0 Å². The standard InChI is InChI=1S/C8H14FN/c1-5-7-3-6(10(5)2)4-8(7)9/h5-8H,3-4H2,1-2H3/t5-,6?,7?,8?/m1/s1. The quantitative estimate of drug-likeness (QED) is 0.496. The molecule has 1 aliphatic heterocycles. The number of piperidine rings is 1. The molecule has 0 aromatic heterocycles. The van der Waals surface area contributed by atoms with Crippen molar-refractivity contribution in [3.8, 4) is 0 Å². The van der Waals surface area contributed by atoms with Gasteiger partial charge in [-0.05, 0) is 26.8 Å². The smallest absolute Gasteiger partial charge is 0.106 e. The van der Waals surface area contributed by atoms with E-state index in [0.717, 1.165) is 12.8 Å². The molecule has 0 aromatic rings. The first-order valence-electron chi connectivity index (χ1n) is 4.06. The minimum Gasteiger partial charge on any atom is -0.300 e. The zero-order chi connectivity index (χ0) is 7.30. The van der Waals surface area contributed by atoms with Crippen LogP contribution in [0.4, 0.5) is 4.39 Å². The lowest BCUT2D eigenvalue weighted by molar-refractivity contribution is 0.114. The van der Waals surface area contributed by atoms with Crippen LogP contribution in [0.5, 0.6) is 0 Å². The lowest BCUT2D eigenvalue weighted by Crippen LogP contribution is -2.39. The third-order valence-electron chi connectivity index (χ3n) is 3.34. The van der Waals surface area contributed by atoms with Crippen LogP contribution in [-0.2, 0) is 0 Å². The molecule has 0 spiro atoms. The lowest BCUT2D eigenvalue weighted by Gasteiger charge is -2.30. The second-order valence-electron chi connectivity index (χ2n) is 3.71. The maximum atomic E-state index is 13.0. The summed E-state index contributed by atoms with van der Waals surface area (Å²) in [7, 11) is 2.11. The number of rotatable bonds is 0.